The number of rotatable bonds is 5. The molecule has 0 spiro atoms. The predicted molar refractivity (Wildman–Crippen MR) is 101 cm³/mol. The fourth-order valence-corrected chi connectivity index (χ4v) is 3.01. The van der Waals surface area contributed by atoms with Crippen LogP contribution in [0.1, 0.15) is 28.6 Å². The molecule has 1 unspecified atom stereocenters. The van der Waals surface area contributed by atoms with Gasteiger partial charge in [0, 0.05) is 12.3 Å². The largest absolute Gasteiger partial charge is 0.433 e. The van der Waals surface area contributed by atoms with Crippen LogP contribution in [-0.4, -0.2) is 24.6 Å². The van der Waals surface area contributed by atoms with Gasteiger partial charge < -0.3 is 5.32 Å². The SMILES string of the molecule is Cc1ccc(CC(Nc2cc(C(F)(F)F)nc3ncnn23)c2ccccn2)cc1. The van der Waals surface area contributed by atoms with Crippen LogP contribution in [-0.2, 0) is 12.6 Å². The summed E-state index contributed by atoms with van der Waals surface area (Å²) in [6, 6.07) is 14.0. The summed E-state index contributed by atoms with van der Waals surface area (Å²) in [5, 5.41) is 7.16. The molecular formula is C20H17F3N6. The van der Waals surface area contributed by atoms with Crippen molar-refractivity contribution in [2.45, 2.75) is 25.6 Å². The van der Waals surface area contributed by atoms with Crippen molar-refractivity contribution in [2.24, 2.45) is 0 Å². The van der Waals surface area contributed by atoms with E-state index >= 15 is 0 Å². The molecule has 0 bridgehead atoms. The average Bonchev–Trinajstić information content (AvgIpc) is 3.18. The van der Waals surface area contributed by atoms with E-state index < -0.39 is 11.9 Å². The van der Waals surface area contributed by atoms with Gasteiger partial charge in [0.15, 0.2) is 5.69 Å². The topological polar surface area (TPSA) is 68.0 Å². The number of anilines is 1. The van der Waals surface area contributed by atoms with Crippen molar-refractivity contribution in [3.63, 3.8) is 0 Å². The Kier molecular flexibility index (Phi) is 4.87. The number of alkyl halides is 3. The summed E-state index contributed by atoms with van der Waals surface area (Å²) in [6.07, 6.45) is -1.25. The van der Waals surface area contributed by atoms with Gasteiger partial charge in [0.1, 0.15) is 12.1 Å². The van der Waals surface area contributed by atoms with Crippen molar-refractivity contribution in [2.75, 3.05) is 5.32 Å². The zero-order chi connectivity index (χ0) is 20.4. The molecule has 4 aromatic rings. The molecule has 4 rings (SSSR count). The minimum absolute atomic E-state index is 0.127. The molecule has 29 heavy (non-hydrogen) atoms. The number of fused-ring (bicyclic) bond motifs is 1. The van der Waals surface area contributed by atoms with Gasteiger partial charge in [-0.1, -0.05) is 35.9 Å². The fraction of sp³-hybridized carbons (Fsp3) is 0.200. The zero-order valence-electron chi connectivity index (χ0n) is 15.4. The van der Waals surface area contributed by atoms with Gasteiger partial charge in [-0.15, -0.1) is 0 Å². The maximum Gasteiger partial charge on any atom is 0.433 e. The van der Waals surface area contributed by atoms with Crippen molar-refractivity contribution in [1.29, 1.82) is 0 Å². The first-order valence-corrected chi connectivity index (χ1v) is 8.91. The van der Waals surface area contributed by atoms with E-state index in [1.54, 1.807) is 12.3 Å². The number of hydrogen-bond donors (Lipinski definition) is 1. The summed E-state index contributed by atoms with van der Waals surface area (Å²) in [7, 11) is 0. The number of aromatic nitrogens is 5. The number of nitrogens with zero attached hydrogens (tertiary/aromatic N) is 5. The highest BCUT2D eigenvalue weighted by Gasteiger charge is 2.34. The lowest BCUT2D eigenvalue weighted by Crippen LogP contribution is -2.19. The first-order valence-electron chi connectivity index (χ1n) is 8.91. The summed E-state index contributed by atoms with van der Waals surface area (Å²) in [5.41, 5.74) is 1.82. The molecule has 0 saturated heterocycles. The normalized spacial score (nSPS) is 12.8. The van der Waals surface area contributed by atoms with E-state index in [1.165, 1.54) is 10.8 Å². The van der Waals surface area contributed by atoms with Crippen molar-refractivity contribution < 1.29 is 13.2 Å². The van der Waals surface area contributed by atoms with Gasteiger partial charge in [-0.2, -0.15) is 27.8 Å². The third kappa shape index (κ3) is 4.18. The molecule has 0 aliphatic carbocycles. The van der Waals surface area contributed by atoms with Gasteiger partial charge in [0.2, 0.25) is 0 Å². The lowest BCUT2D eigenvalue weighted by Gasteiger charge is -2.21. The molecule has 0 amide bonds. The van der Waals surface area contributed by atoms with Crippen LogP contribution in [0.25, 0.3) is 5.78 Å². The maximum absolute atomic E-state index is 13.3. The third-order valence-electron chi connectivity index (χ3n) is 4.47. The highest BCUT2D eigenvalue weighted by atomic mass is 19.4. The monoisotopic (exact) mass is 398 g/mol. The van der Waals surface area contributed by atoms with Crippen LogP contribution in [0.5, 0.6) is 0 Å². The number of aryl methyl sites for hydroxylation is 1. The van der Waals surface area contributed by atoms with Crippen LogP contribution < -0.4 is 5.32 Å². The highest BCUT2D eigenvalue weighted by molar-refractivity contribution is 5.47. The summed E-state index contributed by atoms with van der Waals surface area (Å²) in [5.74, 6) is 0.0139. The fourth-order valence-electron chi connectivity index (χ4n) is 3.01. The lowest BCUT2D eigenvalue weighted by molar-refractivity contribution is -0.141. The van der Waals surface area contributed by atoms with Gasteiger partial charge in [-0.05, 0) is 31.0 Å². The minimum atomic E-state index is -4.60. The van der Waals surface area contributed by atoms with Crippen LogP contribution in [0, 0.1) is 6.92 Å². The van der Waals surface area contributed by atoms with E-state index in [4.69, 9.17) is 0 Å². The van der Waals surface area contributed by atoms with Crippen LogP contribution >= 0.6 is 0 Å². The van der Waals surface area contributed by atoms with Crippen LogP contribution in [0.15, 0.2) is 61.1 Å². The Morgan fingerprint density at radius 3 is 2.55 bits per heavy atom. The Morgan fingerprint density at radius 1 is 1.07 bits per heavy atom. The Morgan fingerprint density at radius 2 is 1.86 bits per heavy atom. The third-order valence-corrected chi connectivity index (χ3v) is 4.47. The van der Waals surface area contributed by atoms with Gasteiger partial charge >= 0.3 is 6.18 Å². The molecule has 0 radical (unpaired) electrons. The second kappa shape index (κ2) is 7.50. The second-order valence-electron chi connectivity index (χ2n) is 6.64. The van der Waals surface area contributed by atoms with Gasteiger partial charge in [0.25, 0.3) is 5.78 Å². The average molecular weight is 398 g/mol. The molecule has 0 aliphatic heterocycles. The molecule has 0 aliphatic rings. The predicted octanol–water partition coefficient (Wildman–Crippen LogP) is 4.24. The molecule has 148 valence electrons. The van der Waals surface area contributed by atoms with E-state index in [9.17, 15) is 13.2 Å². The van der Waals surface area contributed by atoms with Crippen molar-refractivity contribution in [3.8, 4) is 0 Å². The van der Waals surface area contributed by atoms with Crippen molar-refractivity contribution >= 4 is 11.6 Å². The molecule has 1 N–H and O–H groups in total. The van der Waals surface area contributed by atoms with Crippen LogP contribution in [0.4, 0.5) is 19.0 Å². The molecule has 1 atom stereocenters. The Balaban J connectivity index is 1.74. The number of pyridine rings is 1. The molecule has 9 heteroatoms. The molecule has 3 heterocycles. The Bertz CT molecular complexity index is 1110. The molecular weight excluding hydrogens is 381 g/mol. The van der Waals surface area contributed by atoms with Crippen molar-refractivity contribution in [1.82, 2.24) is 24.6 Å². The lowest BCUT2D eigenvalue weighted by atomic mass is 10.0. The smallest absolute Gasteiger partial charge is 0.361 e. The standard InChI is InChI=1S/C20H17F3N6/c1-13-5-7-14(8-6-13)10-16(15-4-2-3-9-24-15)27-18-11-17(20(21,22)23)28-19-25-12-26-29(18)19/h2-9,11-12,16,27H,10H2,1H3. The summed E-state index contributed by atoms with van der Waals surface area (Å²) < 4.78 is 41.1. The number of hydrogen-bond acceptors (Lipinski definition) is 5. The first-order chi connectivity index (χ1) is 13.9. The minimum Gasteiger partial charge on any atom is -0.361 e. The Labute approximate surface area is 164 Å². The molecule has 3 aromatic heterocycles. The highest BCUT2D eigenvalue weighted by Crippen LogP contribution is 2.31. The van der Waals surface area contributed by atoms with Gasteiger partial charge in [0.05, 0.1) is 11.7 Å². The van der Waals surface area contributed by atoms with E-state index in [0.717, 1.165) is 17.2 Å². The number of nitrogens with one attached hydrogen (secondary N) is 1. The summed E-state index contributed by atoms with van der Waals surface area (Å²) in [4.78, 5) is 11.7. The maximum atomic E-state index is 13.3. The van der Waals surface area contributed by atoms with Crippen LogP contribution in [0.2, 0.25) is 0 Å². The molecule has 0 fully saturated rings. The van der Waals surface area contributed by atoms with E-state index in [2.05, 4.69) is 25.4 Å². The number of halogens is 3. The second-order valence-corrected chi connectivity index (χ2v) is 6.64. The quantitative estimate of drug-likeness (QED) is 0.545. The van der Waals surface area contributed by atoms with E-state index in [0.29, 0.717) is 12.1 Å². The summed E-state index contributed by atoms with van der Waals surface area (Å²) >= 11 is 0. The molecule has 1 aromatic carbocycles. The molecule has 0 saturated carbocycles. The zero-order valence-corrected chi connectivity index (χ0v) is 15.4. The molecule has 6 nitrogen and oxygen atoms in total. The first kappa shape index (κ1) is 18.9. The summed E-state index contributed by atoms with van der Waals surface area (Å²) in [6.45, 7) is 2.00. The van der Waals surface area contributed by atoms with Crippen LogP contribution in [0.3, 0.4) is 0 Å². The Hall–Kier alpha value is -3.49. The van der Waals surface area contributed by atoms with Gasteiger partial charge in [-0.3, -0.25) is 4.98 Å². The van der Waals surface area contributed by atoms with E-state index in [1.807, 2.05) is 43.3 Å². The van der Waals surface area contributed by atoms with Crippen molar-refractivity contribution in [3.05, 3.63) is 83.6 Å². The van der Waals surface area contributed by atoms with Gasteiger partial charge in [-0.25, -0.2) is 4.98 Å². The van der Waals surface area contributed by atoms with E-state index in [-0.39, 0.29) is 17.6 Å². The number of benzene rings is 1.